The fraction of sp³-hybridized carbons (Fsp3) is 0.346. The minimum Gasteiger partial charge on any atom is -0.372 e. The van der Waals surface area contributed by atoms with Crippen molar-refractivity contribution in [3.63, 3.8) is 0 Å². The van der Waals surface area contributed by atoms with E-state index in [9.17, 15) is 23.5 Å². The minimum absolute atomic E-state index is 0. The highest BCUT2D eigenvalue weighted by molar-refractivity contribution is 6.34. The number of nitrogens with two attached hydrogens (primary N) is 1. The van der Waals surface area contributed by atoms with Crippen LogP contribution in [0.2, 0.25) is 10.0 Å². The molecule has 2 amide bonds. The van der Waals surface area contributed by atoms with Gasteiger partial charge in [0, 0.05) is 47.4 Å². The number of hydrogen-bond donors (Lipinski definition) is 3. The van der Waals surface area contributed by atoms with Crippen LogP contribution in [0.4, 0.5) is 14.5 Å². The molecule has 0 radical (unpaired) electrons. The van der Waals surface area contributed by atoms with Crippen molar-refractivity contribution in [2.75, 3.05) is 18.1 Å². The molecular weight excluding hydrogens is 591 g/mol. The molecule has 1 unspecified atom stereocenters. The molecular formula is C26H26Cl3F2N5O4. The lowest BCUT2D eigenvalue weighted by molar-refractivity contribution is -0.149. The maximum absolute atomic E-state index is 14.2. The van der Waals surface area contributed by atoms with Gasteiger partial charge in [0.15, 0.2) is 0 Å². The second-order valence-electron chi connectivity index (χ2n) is 9.68. The summed E-state index contributed by atoms with van der Waals surface area (Å²) in [6.45, 7) is 0.247. The van der Waals surface area contributed by atoms with E-state index in [0.717, 1.165) is 18.2 Å². The van der Waals surface area contributed by atoms with Crippen molar-refractivity contribution in [1.82, 2.24) is 15.1 Å². The summed E-state index contributed by atoms with van der Waals surface area (Å²) >= 11 is 12.0. The van der Waals surface area contributed by atoms with Crippen molar-refractivity contribution in [2.45, 2.75) is 43.2 Å². The zero-order valence-electron chi connectivity index (χ0n) is 20.9. The lowest BCUT2D eigenvalue weighted by Gasteiger charge is -2.34. The molecule has 0 saturated carbocycles. The van der Waals surface area contributed by atoms with Crippen LogP contribution in [-0.4, -0.2) is 51.5 Å². The van der Waals surface area contributed by atoms with Crippen molar-refractivity contribution >= 4 is 53.1 Å². The molecule has 0 aliphatic carbocycles. The van der Waals surface area contributed by atoms with Crippen molar-refractivity contribution < 1.29 is 28.2 Å². The van der Waals surface area contributed by atoms with Crippen LogP contribution in [0.1, 0.15) is 36.1 Å². The van der Waals surface area contributed by atoms with E-state index in [0.29, 0.717) is 27.7 Å². The summed E-state index contributed by atoms with van der Waals surface area (Å²) in [5.41, 5.74) is 5.06. The van der Waals surface area contributed by atoms with Crippen LogP contribution in [0, 0.1) is 11.6 Å². The third kappa shape index (κ3) is 5.95. The number of ether oxygens (including phenoxy) is 1. The number of carbonyl (C=O) groups excluding carboxylic acids is 2. The SMILES string of the molecule is Cl.N[C@H]1C[C@@H](n2cc(N3CCC(O)(C(=O)NCc4cc(Cl)cc(Cl)c4)C3=O)cn2)CO[C@@H]1c1cc(F)ccc1F. The standard InChI is InChI=1S/C26H25Cl2F2N5O4.ClH/c27-15-5-14(6-16(28)7-15)10-32-24(36)26(38)3-4-34(25(26)37)19-11-33-35(12-19)18-9-22(31)23(39-13-18)20-8-17(29)1-2-21(20)30;/h1-2,5-8,11-12,18,22-23,38H,3-4,9-10,13,31H2,(H,32,36);1H/t18-,22+,23-,26?;/m1./s1. The molecule has 2 saturated heterocycles. The summed E-state index contributed by atoms with van der Waals surface area (Å²) < 4.78 is 35.2. The predicted octanol–water partition coefficient (Wildman–Crippen LogP) is 3.70. The molecule has 14 heteroatoms. The zero-order valence-corrected chi connectivity index (χ0v) is 23.2. The van der Waals surface area contributed by atoms with Gasteiger partial charge in [-0.25, -0.2) is 8.78 Å². The van der Waals surface area contributed by atoms with Gasteiger partial charge in [0.2, 0.25) is 5.60 Å². The molecule has 1 aromatic heterocycles. The summed E-state index contributed by atoms with van der Waals surface area (Å²) in [7, 11) is 0. The molecule has 2 aliphatic rings. The number of hydrogen-bond acceptors (Lipinski definition) is 6. The van der Waals surface area contributed by atoms with Gasteiger partial charge >= 0.3 is 0 Å². The van der Waals surface area contributed by atoms with Gasteiger partial charge < -0.3 is 25.8 Å². The molecule has 214 valence electrons. The van der Waals surface area contributed by atoms with Crippen molar-refractivity contribution in [1.29, 1.82) is 0 Å². The summed E-state index contributed by atoms with van der Waals surface area (Å²) in [4.78, 5) is 27.2. The predicted molar refractivity (Wildman–Crippen MR) is 146 cm³/mol. The molecule has 9 nitrogen and oxygen atoms in total. The number of anilines is 1. The van der Waals surface area contributed by atoms with Crippen LogP contribution in [0.15, 0.2) is 48.8 Å². The molecule has 3 aromatic rings. The Labute approximate surface area is 244 Å². The van der Waals surface area contributed by atoms with E-state index >= 15 is 0 Å². The quantitative estimate of drug-likeness (QED) is 0.363. The average molecular weight is 617 g/mol. The Kier molecular flexibility index (Phi) is 9.03. The van der Waals surface area contributed by atoms with Gasteiger partial charge in [-0.1, -0.05) is 23.2 Å². The Bertz CT molecular complexity index is 1410. The molecule has 0 bridgehead atoms. The van der Waals surface area contributed by atoms with Crippen LogP contribution in [0.5, 0.6) is 0 Å². The number of benzene rings is 2. The van der Waals surface area contributed by atoms with Gasteiger partial charge in [0.05, 0.1) is 24.5 Å². The minimum atomic E-state index is -2.25. The van der Waals surface area contributed by atoms with E-state index in [1.165, 1.54) is 11.1 Å². The molecule has 0 spiro atoms. The fourth-order valence-corrected chi connectivity index (χ4v) is 5.52. The topological polar surface area (TPSA) is 123 Å². The second kappa shape index (κ2) is 12.0. The summed E-state index contributed by atoms with van der Waals surface area (Å²) in [6, 6.07) is 6.96. The van der Waals surface area contributed by atoms with E-state index in [2.05, 4.69) is 10.4 Å². The number of rotatable bonds is 6. The number of nitrogens with one attached hydrogen (secondary N) is 1. The number of aromatic nitrogens is 2. The number of halogens is 5. The first-order valence-corrected chi connectivity index (χ1v) is 12.9. The van der Waals surface area contributed by atoms with Crippen molar-refractivity contribution in [2.24, 2.45) is 5.73 Å². The van der Waals surface area contributed by atoms with Crippen LogP contribution in [0.3, 0.4) is 0 Å². The first kappa shape index (κ1) is 30.2. The highest BCUT2D eigenvalue weighted by Crippen LogP contribution is 2.35. The second-order valence-corrected chi connectivity index (χ2v) is 10.6. The largest absolute Gasteiger partial charge is 0.372 e. The molecule has 2 fully saturated rings. The smallest absolute Gasteiger partial charge is 0.268 e. The van der Waals surface area contributed by atoms with Gasteiger partial charge in [-0.15, -0.1) is 12.4 Å². The fourth-order valence-electron chi connectivity index (χ4n) is 4.95. The maximum Gasteiger partial charge on any atom is 0.268 e. The van der Waals surface area contributed by atoms with Gasteiger partial charge in [0.1, 0.15) is 17.7 Å². The van der Waals surface area contributed by atoms with Gasteiger partial charge in [-0.2, -0.15) is 5.10 Å². The third-order valence-electron chi connectivity index (χ3n) is 6.99. The first-order valence-electron chi connectivity index (χ1n) is 12.2. The van der Waals surface area contributed by atoms with Crippen LogP contribution < -0.4 is 16.0 Å². The number of amides is 2. The highest BCUT2D eigenvalue weighted by atomic mass is 35.5. The number of carbonyl (C=O) groups is 2. The summed E-state index contributed by atoms with van der Waals surface area (Å²) in [5.74, 6) is -2.79. The van der Waals surface area contributed by atoms with E-state index < -0.39 is 41.2 Å². The molecule has 4 N–H and O–H groups in total. The lowest BCUT2D eigenvalue weighted by Crippen LogP contribution is -2.52. The first-order chi connectivity index (χ1) is 18.5. The average Bonchev–Trinajstić information content (AvgIpc) is 3.49. The Balaban J connectivity index is 0.00000370. The van der Waals surface area contributed by atoms with Gasteiger partial charge in [-0.3, -0.25) is 14.3 Å². The molecule has 5 rings (SSSR count). The van der Waals surface area contributed by atoms with E-state index in [4.69, 9.17) is 33.7 Å². The van der Waals surface area contributed by atoms with E-state index in [1.807, 2.05) is 0 Å². The molecule has 2 aliphatic heterocycles. The Morgan fingerprint density at radius 1 is 1.23 bits per heavy atom. The zero-order chi connectivity index (χ0) is 27.9. The third-order valence-corrected chi connectivity index (χ3v) is 7.42. The highest BCUT2D eigenvalue weighted by Gasteiger charge is 2.52. The van der Waals surface area contributed by atoms with E-state index in [-0.39, 0.29) is 50.1 Å². The van der Waals surface area contributed by atoms with Crippen molar-refractivity contribution in [3.8, 4) is 0 Å². The van der Waals surface area contributed by atoms with Gasteiger partial charge in [-0.05, 0) is 48.4 Å². The number of nitrogens with zero attached hydrogens (tertiary/aromatic N) is 3. The van der Waals surface area contributed by atoms with Gasteiger partial charge in [0.25, 0.3) is 11.8 Å². The van der Waals surface area contributed by atoms with Crippen LogP contribution in [0.25, 0.3) is 0 Å². The normalized spacial score (nSPS) is 24.6. The van der Waals surface area contributed by atoms with Crippen LogP contribution >= 0.6 is 35.6 Å². The molecule has 3 heterocycles. The van der Waals surface area contributed by atoms with Crippen molar-refractivity contribution in [3.05, 3.63) is 81.6 Å². The van der Waals surface area contributed by atoms with E-state index in [1.54, 1.807) is 29.1 Å². The number of aliphatic hydroxyl groups is 1. The summed E-state index contributed by atoms with van der Waals surface area (Å²) in [6.07, 6.45) is 2.47. The Morgan fingerprint density at radius 2 is 1.95 bits per heavy atom. The monoisotopic (exact) mass is 615 g/mol. The lowest BCUT2D eigenvalue weighted by atomic mass is 9.94. The Morgan fingerprint density at radius 3 is 2.65 bits per heavy atom. The Hall–Kier alpha value is -2.80. The molecule has 40 heavy (non-hydrogen) atoms. The van der Waals surface area contributed by atoms with Crippen LogP contribution in [-0.2, 0) is 20.9 Å². The maximum atomic E-state index is 14.2. The molecule has 4 atom stereocenters. The molecule has 2 aromatic carbocycles. The summed E-state index contributed by atoms with van der Waals surface area (Å²) in [5, 5.41) is 18.6.